The summed E-state index contributed by atoms with van der Waals surface area (Å²) in [6, 6.07) is 7.08. The average Bonchev–Trinajstić information content (AvgIpc) is 3.27. The molecule has 10 nitrogen and oxygen atoms in total. The minimum absolute atomic E-state index is 0.0475. The lowest BCUT2D eigenvalue weighted by molar-refractivity contribution is -0.118. The van der Waals surface area contributed by atoms with Crippen molar-refractivity contribution in [2.24, 2.45) is 5.73 Å². The van der Waals surface area contributed by atoms with Crippen molar-refractivity contribution in [3.8, 4) is 0 Å². The molecule has 2 amide bonds. The van der Waals surface area contributed by atoms with Gasteiger partial charge in [0.25, 0.3) is 5.91 Å². The van der Waals surface area contributed by atoms with Crippen LogP contribution in [0.15, 0.2) is 34.9 Å². The third-order valence-electron chi connectivity index (χ3n) is 6.21. The molecule has 36 heavy (non-hydrogen) atoms. The number of furan rings is 1. The lowest BCUT2D eigenvalue weighted by Crippen LogP contribution is -2.47. The first-order valence-electron chi connectivity index (χ1n) is 12.1. The number of carbonyl (C=O) groups excluding carboxylic acids is 2. The van der Waals surface area contributed by atoms with Gasteiger partial charge in [-0.25, -0.2) is 9.37 Å². The van der Waals surface area contributed by atoms with E-state index in [2.05, 4.69) is 25.5 Å². The molecule has 2 aromatic heterocycles. The van der Waals surface area contributed by atoms with Crippen molar-refractivity contribution in [1.82, 2.24) is 19.8 Å². The summed E-state index contributed by atoms with van der Waals surface area (Å²) in [6.07, 6.45) is 3.68. The van der Waals surface area contributed by atoms with E-state index in [1.165, 1.54) is 0 Å². The second-order valence-corrected chi connectivity index (χ2v) is 9.23. The van der Waals surface area contributed by atoms with Gasteiger partial charge in [-0.15, -0.1) is 0 Å². The van der Waals surface area contributed by atoms with Crippen LogP contribution in [0.4, 0.5) is 21.8 Å². The number of anilines is 3. The van der Waals surface area contributed by atoms with Crippen LogP contribution in [0.25, 0.3) is 11.0 Å². The van der Waals surface area contributed by atoms with Crippen molar-refractivity contribution in [3.05, 3.63) is 42.0 Å². The topological polar surface area (TPSA) is 130 Å². The minimum atomic E-state index is -0.554. The van der Waals surface area contributed by atoms with E-state index < -0.39 is 5.82 Å². The first kappa shape index (κ1) is 25.4. The number of nitrogens with two attached hydrogens (primary N) is 1. The van der Waals surface area contributed by atoms with E-state index >= 15 is 0 Å². The Balaban J connectivity index is 1.40. The van der Waals surface area contributed by atoms with Gasteiger partial charge in [-0.2, -0.15) is 4.98 Å². The minimum Gasteiger partial charge on any atom is -0.451 e. The Labute approximate surface area is 209 Å². The Morgan fingerprint density at radius 3 is 2.72 bits per heavy atom. The van der Waals surface area contributed by atoms with Crippen LogP contribution in [0.3, 0.4) is 0 Å². The smallest absolute Gasteiger partial charge is 0.289 e. The highest BCUT2D eigenvalue weighted by molar-refractivity contribution is 5.97. The molecule has 0 radical (unpaired) electrons. The first-order chi connectivity index (χ1) is 17.3. The van der Waals surface area contributed by atoms with E-state index in [1.54, 1.807) is 23.1 Å². The van der Waals surface area contributed by atoms with Crippen molar-refractivity contribution in [2.45, 2.75) is 38.6 Å². The van der Waals surface area contributed by atoms with Crippen molar-refractivity contribution in [3.63, 3.8) is 0 Å². The molecule has 0 spiro atoms. The summed E-state index contributed by atoms with van der Waals surface area (Å²) < 4.78 is 20.1. The SMILES string of the molecule is CC(CCCCC(N)=O)Nc1nc(Nc2ccc3oc(C(=O)N4CCN(C)CC4)cc3c2)ncc1F. The summed E-state index contributed by atoms with van der Waals surface area (Å²) in [6.45, 7) is 4.94. The number of benzene rings is 1. The second kappa shape index (κ2) is 11.3. The standard InChI is InChI=1S/C25H32FN7O3/c1-16(5-3-4-6-22(27)34)29-23-19(26)15-28-25(31-23)30-18-7-8-20-17(13-18)14-21(36-20)24(35)33-11-9-32(2)10-12-33/h7-8,13-16H,3-6,9-12H2,1-2H3,(H2,27,34)(H2,28,29,30,31). The number of hydrogen-bond donors (Lipinski definition) is 3. The van der Waals surface area contributed by atoms with E-state index in [9.17, 15) is 14.0 Å². The first-order valence-corrected chi connectivity index (χ1v) is 12.1. The molecule has 0 saturated carbocycles. The molecule has 1 aromatic carbocycles. The van der Waals surface area contributed by atoms with Gasteiger partial charge in [-0.1, -0.05) is 6.42 Å². The number of hydrogen-bond acceptors (Lipinski definition) is 8. The maximum atomic E-state index is 14.3. The summed E-state index contributed by atoms with van der Waals surface area (Å²) in [7, 11) is 2.04. The van der Waals surface area contributed by atoms with Gasteiger partial charge >= 0.3 is 0 Å². The van der Waals surface area contributed by atoms with Crippen molar-refractivity contribution in [1.29, 1.82) is 0 Å². The maximum Gasteiger partial charge on any atom is 0.289 e. The Morgan fingerprint density at radius 2 is 1.97 bits per heavy atom. The normalized spacial score (nSPS) is 15.1. The summed E-state index contributed by atoms with van der Waals surface area (Å²) in [5.74, 6) is -0.353. The highest BCUT2D eigenvalue weighted by Crippen LogP contribution is 2.26. The van der Waals surface area contributed by atoms with Crippen LogP contribution in [0, 0.1) is 5.82 Å². The van der Waals surface area contributed by atoms with Crippen LogP contribution in [0.2, 0.25) is 0 Å². The van der Waals surface area contributed by atoms with Gasteiger partial charge in [-0.05, 0) is 51.1 Å². The largest absolute Gasteiger partial charge is 0.451 e. The number of halogens is 1. The Kier molecular flexibility index (Phi) is 7.99. The zero-order chi connectivity index (χ0) is 25.7. The van der Waals surface area contributed by atoms with Gasteiger partial charge in [0, 0.05) is 49.7 Å². The highest BCUT2D eigenvalue weighted by atomic mass is 19.1. The summed E-state index contributed by atoms with van der Waals surface area (Å²) in [5.41, 5.74) is 6.44. The lowest BCUT2D eigenvalue weighted by Gasteiger charge is -2.31. The molecule has 1 aliphatic heterocycles. The molecule has 4 rings (SSSR count). The third-order valence-corrected chi connectivity index (χ3v) is 6.21. The number of likely N-dealkylation sites (N-methyl/N-ethyl adjacent to an activating group) is 1. The number of rotatable bonds is 10. The van der Waals surface area contributed by atoms with Crippen LogP contribution in [-0.2, 0) is 4.79 Å². The van der Waals surface area contributed by atoms with Crippen molar-refractivity contribution in [2.75, 3.05) is 43.9 Å². The highest BCUT2D eigenvalue weighted by Gasteiger charge is 2.23. The third kappa shape index (κ3) is 6.48. The molecule has 0 bridgehead atoms. The van der Waals surface area contributed by atoms with E-state index in [-0.39, 0.29) is 29.6 Å². The number of piperazine rings is 1. The quantitative estimate of drug-likeness (QED) is 0.364. The second-order valence-electron chi connectivity index (χ2n) is 9.23. The molecule has 3 heterocycles. The number of aromatic nitrogens is 2. The number of nitrogens with one attached hydrogen (secondary N) is 2. The van der Waals surface area contributed by atoms with Crippen LogP contribution in [0.5, 0.6) is 0 Å². The lowest BCUT2D eigenvalue weighted by atomic mass is 10.1. The molecular weight excluding hydrogens is 465 g/mol. The fourth-order valence-corrected chi connectivity index (χ4v) is 4.10. The van der Waals surface area contributed by atoms with Gasteiger partial charge in [0.1, 0.15) is 5.58 Å². The molecule has 1 fully saturated rings. The molecule has 192 valence electrons. The summed E-state index contributed by atoms with van der Waals surface area (Å²) in [4.78, 5) is 36.0. The number of primary amides is 1. The molecule has 11 heteroatoms. The summed E-state index contributed by atoms with van der Waals surface area (Å²) in [5, 5.41) is 6.91. The number of carbonyl (C=O) groups is 2. The molecule has 4 N–H and O–H groups in total. The van der Waals surface area contributed by atoms with Gasteiger partial charge in [0.05, 0.1) is 6.20 Å². The van der Waals surface area contributed by atoms with Gasteiger partial charge in [0.15, 0.2) is 17.4 Å². The Morgan fingerprint density at radius 1 is 1.19 bits per heavy atom. The van der Waals surface area contributed by atoms with E-state index in [4.69, 9.17) is 10.2 Å². The predicted octanol–water partition coefficient (Wildman–Crippen LogP) is 3.34. The Bertz CT molecular complexity index is 1220. The van der Waals surface area contributed by atoms with Crippen LogP contribution in [-0.4, -0.2) is 70.9 Å². The predicted molar refractivity (Wildman–Crippen MR) is 136 cm³/mol. The van der Waals surface area contributed by atoms with Gasteiger partial charge in [-0.3, -0.25) is 9.59 Å². The zero-order valence-corrected chi connectivity index (χ0v) is 20.6. The molecule has 1 saturated heterocycles. The maximum absolute atomic E-state index is 14.3. The van der Waals surface area contributed by atoms with E-state index in [0.717, 1.165) is 37.5 Å². The Hall–Kier alpha value is -3.73. The van der Waals surface area contributed by atoms with Crippen LogP contribution < -0.4 is 16.4 Å². The van der Waals surface area contributed by atoms with Crippen LogP contribution >= 0.6 is 0 Å². The van der Waals surface area contributed by atoms with E-state index in [0.29, 0.717) is 43.0 Å². The molecular formula is C25H32FN7O3. The number of amides is 2. The molecule has 3 aromatic rings. The van der Waals surface area contributed by atoms with Gasteiger partial charge < -0.3 is 30.6 Å². The average molecular weight is 498 g/mol. The molecule has 1 aliphatic rings. The number of unbranched alkanes of at least 4 members (excludes halogenated alkanes) is 1. The molecule has 0 aliphatic carbocycles. The van der Waals surface area contributed by atoms with Gasteiger partial charge in [0.2, 0.25) is 11.9 Å². The zero-order valence-electron chi connectivity index (χ0n) is 20.6. The molecule has 1 atom stereocenters. The van der Waals surface area contributed by atoms with Crippen molar-refractivity contribution < 1.29 is 18.4 Å². The summed E-state index contributed by atoms with van der Waals surface area (Å²) >= 11 is 0. The number of nitrogens with zero attached hydrogens (tertiary/aromatic N) is 4. The van der Waals surface area contributed by atoms with E-state index in [1.807, 2.05) is 20.0 Å². The fraction of sp³-hybridized carbons (Fsp3) is 0.440. The molecule has 1 unspecified atom stereocenters. The fourth-order valence-electron chi connectivity index (χ4n) is 4.10. The number of fused-ring (bicyclic) bond motifs is 1. The monoisotopic (exact) mass is 497 g/mol. The van der Waals surface area contributed by atoms with Crippen molar-refractivity contribution >= 4 is 40.2 Å². The van der Waals surface area contributed by atoms with Crippen LogP contribution in [0.1, 0.15) is 43.2 Å².